The molecule has 2 aliphatic rings. The number of furan rings is 1. The number of piperidine rings is 1. The summed E-state index contributed by atoms with van der Waals surface area (Å²) in [7, 11) is 0. The molecule has 124 valence electrons. The molecule has 2 bridgehead atoms. The van der Waals surface area contributed by atoms with Crippen LogP contribution >= 0.6 is 0 Å². The van der Waals surface area contributed by atoms with Gasteiger partial charge in [-0.05, 0) is 69.2 Å². The van der Waals surface area contributed by atoms with Crippen LogP contribution in [0, 0.1) is 12.3 Å². The van der Waals surface area contributed by atoms with Crippen LogP contribution in [0.2, 0.25) is 0 Å². The number of benzene rings is 2. The molecule has 2 aromatic carbocycles. The van der Waals surface area contributed by atoms with E-state index in [1.807, 2.05) is 6.07 Å². The van der Waals surface area contributed by atoms with Crippen LogP contribution in [-0.2, 0) is 0 Å². The van der Waals surface area contributed by atoms with Gasteiger partial charge in [0.05, 0.1) is 0 Å². The highest BCUT2D eigenvalue weighted by molar-refractivity contribution is 6.06. The fourth-order valence-corrected chi connectivity index (χ4v) is 5.56. The Labute approximate surface area is 143 Å². The van der Waals surface area contributed by atoms with Crippen LogP contribution in [0.4, 0.5) is 5.69 Å². The molecule has 5 rings (SSSR count). The number of rotatable bonds is 1. The minimum Gasteiger partial charge on any atom is -0.456 e. The van der Waals surface area contributed by atoms with Crippen LogP contribution < -0.4 is 4.90 Å². The van der Waals surface area contributed by atoms with E-state index in [1.54, 1.807) is 0 Å². The monoisotopic (exact) mass is 319 g/mol. The molecule has 0 spiro atoms. The highest BCUT2D eigenvalue weighted by atomic mass is 16.3. The first-order valence-electron chi connectivity index (χ1n) is 9.13. The van der Waals surface area contributed by atoms with E-state index in [0.29, 0.717) is 17.0 Å². The standard InChI is InChI=1S/C22H25NO/c1-14-11-20-17(16-7-5-6-8-19(16)24-20)12-18(14)23-15(2)21(3)9-10-22(23,4)13-21/h5-8,11-12,15H,9-10,13H2,1-4H3/t15-,21?,22?/m0/s1. The van der Waals surface area contributed by atoms with Gasteiger partial charge >= 0.3 is 0 Å². The number of hydrogen-bond donors (Lipinski definition) is 0. The normalized spacial score (nSPS) is 32.3. The van der Waals surface area contributed by atoms with Crippen LogP contribution in [-0.4, -0.2) is 11.6 Å². The zero-order valence-corrected chi connectivity index (χ0v) is 15.0. The van der Waals surface area contributed by atoms with E-state index in [9.17, 15) is 0 Å². The van der Waals surface area contributed by atoms with Gasteiger partial charge in [0.1, 0.15) is 11.2 Å². The maximum atomic E-state index is 6.07. The number of nitrogens with zero attached hydrogens (tertiary/aromatic N) is 1. The summed E-state index contributed by atoms with van der Waals surface area (Å²) in [6.45, 7) is 9.58. The molecule has 1 aromatic heterocycles. The Morgan fingerprint density at radius 1 is 1.04 bits per heavy atom. The molecule has 0 radical (unpaired) electrons. The van der Waals surface area contributed by atoms with Crippen molar-refractivity contribution in [3.8, 4) is 0 Å². The van der Waals surface area contributed by atoms with E-state index in [0.717, 1.165) is 11.2 Å². The van der Waals surface area contributed by atoms with E-state index in [2.05, 4.69) is 62.9 Å². The van der Waals surface area contributed by atoms with E-state index in [4.69, 9.17) is 4.42 Å². The predicted octanol–water partition coefficient (Wildman–Crippen LogP) is 6.05. The third kappa shape index (κ3) is 1.67. The largest absolute Gasteiger partial charge is 0.456 e. The molecule has 0 amide bonds. The summed E-state index contributed by atoms with van der Waals surface area (Å²) in [5, 5.41) is 2.47. The molecule has 2 heterocycles. The zero-order chi connectivity index (χ0) is 16.7. The van der Waals surface area contributed by atoms with Gasteiger partial charge in [0.2, 0.25) is 0 Å². The Kier molecular flexibility index (Phi) is 2.61. The molecule has 3 aromatic rings. The molecule has 1 aliphatic carbocycles. The number of fused-ring (bicyclic) bond motifs is 5. The summed E-state index contributed by atoms with van der Waals surface area (Å²) in [6, 6.07) is 13.6. The summed E-state index contributed by atoms with van der Waals surface area (Å²) in [5.41, 5.74) is 5.46. The minimum absolute atomic E-state index is 0.298. The van der Waals surface area contributed by atoms with Gasteiger partial charge in [-0.1, -0.05) is 25.1 Å². The predicted molar refractivity (Wildman–Crippen MR) is 101 cm³/mol. The topological polar surface area (TPSA) is 16.4 Å². The van der Waals surface area contributed by atoms with Crippen LogP contribution in [0.3, 0.4) is 0 Å². The smallest absolute Gasteiger partial charge is 0.135 e. The van der Waals surface area contributed by atoms with Crippen molar-refractivity contribution in [3.63, 3.8) is 0 Å². The molecule has 1 saturated heterocycles. The molecular formula is C22H25NO. The van der Waals surface area contributed by atoms with Crippen LogP contribution in [0.5, 0.6) is 0 Å². The first-order chi connectivity index (χ1) is 11.4. The summed E-state index contributed by atoms with van der Waals surface area (Å²) < 4.78 is 6.07. The van der Waals surface area contributed by atoms with E-state index < -0.39 is 0 Å². The second-order valence-corrected chi connectivity index (χ2v) is 8.61. The van der Waals surface area contributed by atoms with E-state index in [1.165, 1.54) is 41.3 Å². The lowest BCUT2D eigenvalue weighted by atomic mass is 9.82. The number of anilines is 1. The average Bonchev–Trinajstić information content (AvgIpc) is 3.11. The summed E-state index contributed by atoms with van der Waals surface area (Å²) in [5.74, 6) is 0. The third-order valence-electron chi connectivity index (χ3n) is 6.95. The molecule has 2 fully saturated rings. The van der Waals surface area contributed by atoms with Crippen molar-refractivity contribution in [2.24, 2.45) is 5.41 Å². The van der Waals surface area contributed by atoms with Crippen molar-refractivity contribution in [1.82, 2.24) is 0 Å². The van der Waals surface area contributed by atoms with Crippen molar-refractivity contribution in [2.45, 2.75) is 58.5 Å². The molecule has 2 unspecified atom stereocenters. The Morgan fingerprint density at radius 2 is 1.83 bits per heavy atom. The quantitative estimate of drug-likeness (QED) is 0.542. The molecule has 3 atom stereocenters. The Morgan fingerprint density at radius 3 is 2.58 bits per heavy atom. The molecule has 24 heavy (non-hydrogen) atoms. The van der Waals surface area contributed by atoms with Crippen molar-refractivity contribution >= 4 is 27.6 Å². The molecule has 0 N–H and O–H groups in total. The zero-order valence-electron chi connectivity index (χ0n) is 15.0. The van der Waals surface area contributed by atoms with Gasteiger partial charge in [-0.3, -0.25) is 0 Å². The number of aryl methyl sites for hydroxylation is 1. The highest BCUT2D eigenvalue weighted by Crippen LogP contribution is 2.59. The van der Waals surface area contributed by atoms with Gasteiger partial charge in [0.15, 0.2) is 0 Å². The summed E-state index contributed by atoms with van der Waals surface area (Å²) in [6.07, 6.45) is 3.97. The van der Waals surface area contributed by atoms with Gasteiger partial charge in [0, 0.05) is 28.0 Å². The summed E-state index contributed by atoms with van der Waals surface area (Å²) in [4.78, 5) is 2.72. The van der Waals surface area contributed by atoms with Crippen LogP contribution in [0.1, 0.15) is 45.6 Å². The Balaban J connectivity index is 1.75. The molecule has 1 aliphatic heterocycles. The number of hydrogen-bond acceptors (Lipinski definition) is 2. The van der Waals surface area contributed by atoms with E-state index in [-0.39, 0.29) is 0 Å². The van der Waals surface area contributed by atoms with Gasteiger partial charge < -0.3 is 9.32 Å². The minimum atomic E-state index is 0.298. The lowest BCUT2D eigenvalue weighted by Gasteiger charge is -2.45. The van der Waals surface area contributed by atoms with Crippen molar-refractivity contribution < 1.29 is 4.42 Å². The Bertz CT molecular complexity index is 971. The second-order valence-electron chi connectivity index (χ2n) is 8.61. The van der Waals surface area contributed by atoms with Crippen LogP contribution in [0.25, 0.3) is 21.9 Å². The molecule has 2 nitrogen and oxygen atoms in total. The van der Waals surface area contributed by atoms with Crippen molar-refractivity contribution in [1.29, 1.82) is 0 Å². The third-order valence-corrected chi connectivity index (χ3v) is 6.95. The van der Waals surface area contributed by atoms with Crippen molar-refractivity contribution in [2.75, 3.05) is 4.90 Å². The Hall–Kier alpha value is -1.96. The van der Waals surface area contributed by atoms with Gasteiger partial charge in [0.25, 0.3) is 0 Å². The fourth-order valence-electron chi connectivity index (χ4n) is 5.56. The fraction of sp³-hybridized carbons (Fsp3) is 0.455. The maximum absolute atomic E-state index is 6.07. The van der Waals surface area contributed by atoms with Gasteiger partial charge in [-0.15, -0.1) is 0 Å². The summed E-state index contributed by atoms with van der Waals surface area (Å²) >= 11 is 0. The van der Waals surface area contributed by atoms with Crippen LogP contribution in [0.15, 0.2) is 40.8 Å². The maximum Gasteiger partial charge on any atom is 0.135 e. The highest BCUT2D eigenvalue weighted by Gasteiger charge is 2.58. The van der Waals surface area contributed by atoms with Gasteiger partial charge in [-0.25, -0.2) is 0 Å². The average molecular weight is 319 g/mol. The first-order valence-corrected chi connectivity index (χ1v) is 9.13. The molecule has 2 heteroatoms. The van der Waals surface area contributed by atoms with Gasteiger partial charge in [-0.2, -0.15) is 0 Å². The van der Waals surface area contributed by atoms with E-state index >= 15 is 0 Å². The SMILES string of the molecule is Cc1cc2oc3ccccc3c2cc1N1[C@@H](C)C2(C)CCC1(C)C2. The lowest BCUT2D eigenvalue weighted by molar-refractivity contribution is 0.290. The molecule has 1 saturated carbocycles. The number of para-hydroxylation sites is 1. The van der Waals surface area contributed by atoms with Crippen molar-refractivity contribution in [3.05, 3.63) is 42.0 Å². The molecular weight excluding hydrogens is 294 g/mol. The lowest BCUT2D eigenvalue weighted by Crippen LogP contribution is -2.48. The first kappa shape index (κ1) is 14.4. The second kappa shape index (κ2) is 4.36.